The number of rotatable bonds is 4. The van der Waals surface area contributed by atoms with Gasteiger partial charge < -0.3 is 10.6 Å². The molecule has 1 heterocycles. The normalized spacial score (nSPS) is 10.5. The van der Waals surface area contributed by atoms with Crippen LogP contribution in [0, 0.1) is 0 Å². The molecule has 0 aliphatic heterocycles. The molecule has 26 heavy (non-hydrogen) atoms. The number of benzene rings is 3. The van der Waals surface area contributed by atoms with Crippen molar-refractivity contribution in [2.75, 3.05) is 10.6 Å². The van der Waals surface area contributed by atoms with Crippen molar-refractivity contribution < 1.29 is 4.79 Å². The zero-order chi connectivity index (χ0) is 17.8. The van der Waals surface area contributed by atoms with Gasteiger partial charge in [0.15, 0.2) is 0 Å². The molecule has 4 heteroatoms. The molecular weight excluding hydrogens is 322 g/mol. The van der Waals surface area contributed by atoms with E-state index in [1.165, 1.54) is 0 Å². The van der Waals surface area contributed by atoms with Gasteiger partial charge in [-0.1, -0.05) is 36.4 Å². The lowest BCUT2D eigenvalue weighted by Gasteiger charge is -2.10. The Morgan fingerprint density at radius 3 is 2.23 bits per heavy atom. The molecule has 0 saturated carbocycles. The third-order valence-electron chi connectivity index (χ3n) is 4.11. The number of anilines is 3. The molecule has 1 amide bonds. The second kappa shape index (κ2) is 7.07. The van der Waals surface area contributed by atoms with Crippen LogP contribution in [0.3, 0.4) is 0 Å². The lowest BCUT2D eigenvalue weighted by Crippen LogP contribution is -2.11. The summed E-state index contributed by atoms with van der Waals surface area (Å²) < 4.78 is 0. The van der Waals surface area contributed by atoms with E-state index in [2.05, 4.69) is 15.6 Å². The fourth-order valence-corrected chi connectivity index (χ4v) is 2.79. The number of aromatic nitrogens is 1. The minimum atomic E-state index is -0.119. The fraction of sp³-hybridized carbons (Fsp3) is 0. The number of para-hydroxylation sites is 1. The van der Waals surface area contributed by atoms with Gasteiger partial charge >= 0.3 is 0 Å². The second-order valence-electron chi connectivity index (χ2n) is 5.90. The van der Waals surface area contributed by atoms with Crippen LogP contribution in [0.1, 0.15) is 10.4 Å². The minimum Gasteiger partial charge on any atom is -0.355 e. The van der Waals surface area contributed by atoms with E-state index in [1.807, 2.05) is 72.8 Å². The molecule has 126 valence electrons. The Hall–Kier alpha value is -3.66. The summed E-state index contributed by atoms with van der Waals surface area (Å²) in [6, 6.07) is 26.8. The van der Waals surface area contributed by atoms with Crippen LogP contribution in [-0.2, 0) is 0 Å². The second-order valence-corrected chi connectivity index (χ2v) is 5.90. The lowest BCUT2D eigenvalue weighted by molar-refractivity contribution is 0.102. The predicted molar refractivity (Wildman–Crippen MR) is 106 cm³/mol. The molecule has 0 radical (unpaired) electrons. The molecule has 4 rings (SSSR count). The van der Waals surface area contributed by atoms with E-state index < -0.39 is 0 Å². The average molecular weight is 339 g/mol. The number of pyridine rings is 1. The SMILES string of the molecule is O=C(Nc1ccc(Nc2ccnc3ccccc23)cc1)c1ccccc1. The summed E-state index contributed by atoms with van der Waals surface area (Å²) in [6.45, 7) is 0. The van der Waals surface area contributed by atoms with Crippen LogP contribution < -0.4 is 10.6 Å². The van der Waals surface area contributed by atoms with Crippen LogP contribution >= 0.6 is 0 Å². The van der Waals surface area contributed by atoms with E-state index in [-0.39, 0.29) is 5.91 Å². The first-order valence-electron chi connectivity index (χ1n) is 8.37. The molecule has 0 saturated heterocycles. The quantitative estimate of drug-likeness (QED) is 0.535. The first-order chi connectivity index (χ1) is 12.8. The van der Waals surface area contributed by atoms with Crippen molar-refractivity contribution in [1.29, 1.82) is 0 Å². The first kappa shape index (κ1) is 15.8. The van der Waals surface area contributed by atoms with Gasteiger partial charge in [-0.3, -0.25) is 9.78 Å². The molecule has 1 aromatic heterocycles. The average Bonchev–Trinajstić information content (AvgIpc) is 2.70. The first-order valence-corrected chi connectivity index (χ1v) is 8.37. The van der Waals surface area contributed by atoms with Crippen LogP contribution in [0.5, 0.6) is 0 Å². The van der Waals surface area contributed by atoms with Crippen molar-refractivity contribution in [1.82, 2.24) is 4.98 Å². The number of nitrogens with one attached hydrogen (secondary N) is 2. The lowest BCUT2D eigenvalue weighted by atomic mass is 10.1. The summed E-state index contributed by atoms with van der Waals surface area (Å²) in [5.41, 5.74) is 4.28. The summed E-state index contributed by atoms with van der Waals surface area (Å²) in [5, 5.41) is 7.37. The molecule has 2 N–H and O–H groups in total. The van der Waals surface area contributed by atoms with Crippen molar-refractivity contribution in [2.24, 2.45) is 0 Å². The highest BCUT2D eigenvalue weighted by atomic mass is 16.1. The molecule has 0 bridgehead atoms. The van der Waals surface area contributed by atoms with Gasteiger partial charge in [0.25, 0.3) is 5.91 Å². The van der Waals surface area contributed by atoms with E-state index in [0.29, 0.717) is 5.56 Å². The molecule has 0 spiro atoms. The third-order valence-corrected chi connectivity index (χ3v) is 4.11. The number of hydrogen-bond donors (Lipinski definition) is 2. The summed E-state index contributed by atoms with van der Waals surface area (Å²) in [4.78, 5) is 16.6. The molecular formula is C22H17N3O. The molecule has 3 aromatic carbocycles. The maximum absolute atomic E-state index is 12.2. The number of carbonyl (C=O) groups is 1. The largest absolute Gasteiger partial charge is 0.355 e. The fourth-order valence-electron chi connectivity index (χ4n) is 2.79. The molecule has 0 aliphatic rings. The molecule has 0 fully saturated rings. The number of hydrogen-bond acceptors (Lipinski definition) is 3. The summed E-state index contributed by atoms with van der Waals surface area (Å²) in [5.74, 6) is -0.119. The Labute approximate surface area is 151 Å². The van der Waals surface area contributed by atoms with Gasteiger partial charge in [-0.2, -0.15) is 0 Å². The van der Waals surface area contributed by atoms with Gasteiger partial charge in [0.2, 0.25) is 0 Å². The maximum atomic E-state index is 12.2. The zero-order valence-electron chi connectivity index (χ0n) is 14.0. The van der Waals surface area contributed by atoms with Crippen LogP contribution in [-0.4, -0.2) is 10.9 Å². The van der Waals surface area contributed by atoms with Crippen molar-refractivity contribution in [3.05, 3.63) is 96.7 Å². The van der Waals surface area contributed by atoms with Crippen molar-refractivity contribution >= 4 is 33.9 Å². The highest BCUT2D eigenvalue weighted by molar-refractivity contribution is 6.04. The van der Waals surface area contributed by atoms with Gasteiger partial charge in [0.1, 0.15) is 0 Å². The third kappa shape index (κ3) is 3.39. The van der Waals surface area contributed by atoms with Crippen LogP contribution in [0.2, 0.25) is 0 Å². The number of amides is 1. The Balaban J connectivity index is 1.50. The topological polar surface area (TPSA) is 54.0 Å². The van der Waals surface area contributed by atoms with Gasteiger partial charge in [-0.05, 0) is 48.5 Å². The minimum absolute atomic E-state index is 0.119. The van der Waals surface area contributed by atoms with Crippen LogP contribution in [0.25, 0.3) is 10.9 Å². The zero-order valence-corrected chi connectivity index (χ0v) is 14.0. The highest BCUT2D eigenvalue weighted by Gasteiger charge is 2.06. The Morgan fingerprint density at radius 2 is 1.42 bits per heavy atom. The maximum Gasteiger partial charge on any atom is 0.255 e. The van der Waals surface area contributed by atoms with Crippen molar-refractivity contribution in [3.8, 4) is 0 Å². The highest BCUT2D eigenvalue weighted by Crippen LogP contribution is 2.25. The summed E-state index contributed by atoms with van der Waals surface area (Å²) in [6.07, 6.45) is 1.79. The number of carbonyl (C=O) groups excluding carboxylic acids is 1. The van der Waals surface area contributed by atoms with Gasteiger partial charge in [0.05, 0.1) is 5.52 Å². The molecule has 0 atom stereocenters. The summed E-state index contributed by atoms with van der Waals surface area (Å²) >= 11 is 0. The van der Waals surface area contributed by atoms with E-state index in [9.17, 15) is 4.79 Å². The smallest absolute Gasteiger partial charge is 0.255 e. The van der Waals surface area contributed by atoms with Crippen LogP contribution in [0.4, 0.5) is 17.1 Å². The van der Waals surface area contributed by atoms with Crippen molar-refractivity contribution in [2.45, 2.75) is 0 Å². The van der Waals surface area contributed by atoms with Gasteiger partial charge in [0, 0.05) is 34.2 Å². The Kier molecular flexibility index (Phi) is 4.31. The van der Waals surface area contributed by atoms with E-state index >= 15 is 0 Å². The number of fused-ring (bicyclic) bond motifs is 1. The molecule has 0 aliphatic carbocycles. The van der Waals surface area contributed by atoms with E-state index in [1.54, 1.807) is 18.3 Å². The summed E-state index contributed by atoms with van der Waals surface area (Å²) in [7, 11) is 0. The Morgan fingerprint density at radius 1 is 0.731 bits per heavy atom. The molecule has 4 aromatic rings. The van der Waals surface area contributed by atoms with Crippen molar-refractivity contribution in [3.63, 3.8) is 0 Å². The molecule has 0 unspecified atom stereocenters. The number of nitrogens with zero attached hydrogens (tertiary/aromatic N) is 1. The monoisotopic (exact) mass is 339 g/mol. The van der Waals surface area contributed by atoms with Gasteiger partial charge in [-0.25, -0.2) is 0 Å². The Bertz CT molecular complexity index is 1040. The van der Waals surface area contributed by atoms with Crippen LogP contribution in [0.15, 0.2) is 91.1 Å². The van der Waals surface area contributed by atoms with E-state index in [0.717, 1.165) is 28.0 Å². The molecule has 4 nitrogen and oxygen atoms in total. The standard InChI is InChI=1S/C22H17N3O/c26-22(16-6-2-1-3-7-16)25-18-12-10-17(11-13-18)24-21-14-15-23-20-9-5-4-8-19(20)21/h1-15H,(H,23,24)(H,25,26). The van der Waals surface area contributed by atoms with E-state index in [4.69, 9.17) is 0 Å². The predicted octanol–water partition coefficient (Wildman–Crippen LogP) is 5.23. The van der Waals surface area contributed by atoms with Gasteiger partial charge in [-0.15, -0.1) is 0 Å².